The number of ketones is 1. The molecule has 5 rings (SSSR count). The Morgan fingerprint density at radius 3 is 2.09 bits per heavy atom. The van der Waals surface area contributed by atoms with Crippen LogP contribution in [-0.4, -0.2) is 41.8 Å². The maximum atomic E-state index is 13.1. The van der Waals surface area contributed by atoms with Crippen molar-refractivity contribution in [2.75, 3.05) is 26.2 Å². The van der Waals surface area contributed by atoms with Crippen molar-refractivity contribution in [3.8, 4) is 0 Å². The molecule has 3 nitrogen and oxygen atoms in total. The second kappa shape index (κ2) is 4.89. The molecule has 0 atom stereocenters. The zero-order valence-corrected chi connectivity index (χ0v) is 14.9. The third kappa shape index (κ3) is 1.84. The molecule has 0 aromatic heterocycles. The fraction of sp³-hybridized carbons (Fsp3) is 0.611. The van der Waals surface area contributed by atoms with Gasteiger partial charge in [0.2, 0.25) is 0 Å². The van der Waals surface area contributed by atoms with Crippen LogP contribution >= 0.6 is 15.9 Å². The Morgan fingerprint density at radius 1 is 1.09 bits per heavy atom. The fourth-order valence-electron chi connectivity index (χ4n) is 5.05. The number of benzene rings is 1. The first-order chi connectivity index (χ1) is 10.5. The number of carbonyl (C=O) groups is 1. The molecule has 0 aliphatic carbocycles. The maximum Gasteiger partial charge on any atom is 0.150 e. The van der Waals surface area contributed by atoms with E-state index in [4.69, 9.17) is 0 Å². The van der Waals surface area contributed by atoms with Crippen molar-refractivity contribution in [2.45, 2.75) is 32.9 Å². The molecule has 0 saturated carbocycles. The second-order valence-electron chi connectivity index (χ2n) is 7.34. The van der Waals surface area contributed by atoms with Crippen LogP contribution in [0.15, 0.2) is 28.7 Å². The number of nitrogens with zero attached hydrogens (tertiary/aromatic N) is 2. The number of hydrogen-bond acceptors (Lipinski definition) is 3. The van der Waals surface area contributed by atoms with Gasteiger partial charge in [0.05, 0.1) is 17.0 Å². The standard InChI is InChI=1S/C18H23BrN2O/c1-3-17-9-20-11-18(4-2,16(17)22)12-21(10-17)15(20)13-6-5-7-14(19)8-13/h5-8,15H,3-4,9-12H2,1-2H3. The molecule has 1 aromatic rings. The van der Waals surface area contributed by atoms with Gasteiger partial charge in [-0.2, -0.15) is 0 Å². The highest BCUT2D eigenvalue weighted by atomic mass is 79.9. The number of rotatable bonds is 3. The monoisotopic (exact) mass is 362 g/mol. The van der Waals surface area contributed by atoms with Crippen LogP contribution < -0.4 is 0 Å². The zero-order valence-electron chi connectivity index (χ0n) is 13.3. The molecular formula is C18H23BrN2O. The van der Waals surface area contributed by atoms with Gasteiger partial charge in [-0.05, 0) is 30.5 Å². The molecule has 0 amide bonds. The summed E-state index contributed by atoms with van der Waals surface area (Å²) in [5, 5.41) is 0. The Kier molecular flexibility index (Phi) is 3.30. The first kappa shape index (κ1) is 14.9. The van der Waals surface area contributed by atoms with Crippen LogP contribution in [0.4, 0.5) is 0 Å². The molecule has 22 heavy (non-hydrogen) atoms. The quantitative estimate of drug-likeness (QED) is 0.822. The van der Waals surface area contributed by atoms with Gasteiger partial charge in [-0.3, -0.25) is 14.6 Å². The molecule has 118 valence electrons. The average molecular weight is 363 g/mol. The summed E-state index contributed by atoms with van der Waals surface area (Å²) in [7, 11) is 0. The lowest BCUT2D eigenvalue weighted by Crippen LogP contribution is -2.76. The van der Waals surface area contributed by atoms with Gasteiger partial charge in [-0.15, -0.1) is 0 Å². The summed E-state index contributed by atoms with van der Waals surface area (Å²) in [5.74, 6) is 0.546. The van der Waals surface area contributed by atoms with Gasteiger partial charge in [-0.25, -0.2) is 0 Å². The van der Waals surface area contributed by atoms with Crippen LogP contribution in [0.1, 0.15) is 38.4 Å². The summed E-state index contributed by atoms with van der Waals surface area (Å²) in [6.45, 7) is 8.08. The molecule has 0 radical (unpaired) electrons. The maximum absolute atomic E-state index is 13.1. The highest BCUT2D eigenvalue weighted by Gasteiger charge is 2.64. The van der Waals surface area contributed by atoms with E-state index in [1.807, 2.05) is 0 Å². The van der Waals surface area contributed by atoms with Gasteiger partial charge in [0, 0.05) is 30.7 Å². The number of halogens is 1. The molecule has 4 aliphatic heterocycles. The Bertz CT molecular complexity index is 587. The molecule has 0 unspecified atom stereocenters. The van der Waals surface area contributed by atoms with E-state index < -0.39 is 0 Å². The number of Topliss-reactive ketones (excluding diaryl/α,β-unsaturated/α-hetero) is 1. The van der Waals surface area contributed by atoms with Crippen molar-refractivity contribution in [3.05, 3.63) is 34.3 Å². The minimum Gasteiger partial charge on any atom is -0.298 e. The van der Waals surface area contributed by atoms with Gasteiger partial charge in [-0.1, -0.05) is 41.9 Å². The molecule has 4 heteroatoms. The molecule has 0 spiro atoms. The predicted octanol–water partition coefficient (Wildman–Crippen LogP) is 3.45. The van der Waals surface area contributed by atoms with E-state index in [1.165, 1.54) is 5.56 Å². The number of hydrogen-bond donors (Lipinski definition) is 0. The van der Waals surface area contributed by atoms with Crippen molar-refractivity contribution in [1.82, 2.24) is 9.80 Å². The van der Waals surface area contributed by atoms with Crippen LogP contribution in [0.2, 0.25) is 0 Å². The molecule has 4 fully saturated rings. The minimum atomic E-state index is -0.130. The first-order valence-electron chi connectivity index (χ1n) is 8.32. The normalized spacial score (nSPS) is 42.9. The predicted molar refractivity (Wildman–Crippen MR) is 90.5 cm³/mol. The lowest BCUT2D eigenvalue weighted by atomic mass is 9.58. The van der Waals surface area contributed by atoms with Gasteiger partial charge in [0.25, 0.3) is 0 Å². The van der Waals surface area contributed by atoms with Crippen LogP contribution in [0.5, 0.6) is 0 Å². The molecule has 4 heterocycles. The van der Waals surface area contributed by atoms with E-state index in [-0.39, 0.29) is 10.8 Å². The van der Waals surface area contributed by atoms with Crippen LogP contribution in [0, 0.1) is 10.8 Å². The third-order valence-corrected chi connectivity index (χ3v) is 6.67. The van der Waals surface area contributed by atoms with Crippen LogP contribution in [0.25, 0.3) is 0 Å². The Labute approximate surface area is 140 Å². The van der Waals surface area contributed by atoms with Crippen molar-refractivity contribution in [2.24, 2.45) is 10.8 Å². The van der Waals surface area contributed by atoms with E-state index in [0.29, 0.717) is 11.9 Å². The van der Waals surface area contributed by atoms with E-state index >= 15 is 0 Å². The largest absolute Gasteiger partial charge is 0.298 e. The number of piperidine rings is 2. The van der Waals surface area contributed by atoms with Gasteiger partial charge < -0.3 is 0 Å². The lowest BCUT2D eigenvalue weighted by Gasteiger charge is -2.66. The van der Waals surface area contributed by atoms with E-state index in [2.05, 4.69) is 63.8 Å². The molecule has 0 N–H and O–H groups in total. The van der Waals surface area contributed by atoms with E-state index in [1.54, 1.807) is 0 Å². The summed E-state index contributed by atoms with van der Waals surface area (Å²) in [5.41, 5.74) is 1.09. The molecule has 4 saturated heterocycles. The first-order valence-corrected chi connectivity index (χ1v) is 9.11. The molecular weight excluding hydrogens is 340 g/mol. The van der Waals surface area contributed by atoms with E-state index in [0.717, 1.165) is 43.5 Å². The van der Waals surface area contributed by atoms with Crippen molar-refractivity contribution >= 4 is 21.7 Å². The SMILES string of the molecule is CCC12CN3CC(CC)(CN(C1)C3c1cccc(Br)c1)C2=O. The van der Waals surface area contributed by atoms with E-state index in [9.17, 15) is 4.79 Å². The Balaban J connectivity index is 1.76. The molecule has 4 aliphatic rings. The second-order valence-corrected chi connectivity index (χ2v) is 8.25. The smallest absolute Gasteiger partial charge is 0.150 e. The number of carbonyl (C=O) groups excluding carboxylic acids is 1. The summed E-state index contributed by atoms with van der Waals surface area (Å²) in [6.07, 6.45) is 2.27. The Hall–Kier alpha value is -0.710. The van der Waals surface area contributed by atoms with Crippen LogP contribution in [-0.2, 0) is 4.79 Å². The summed E-state index contributed by atoms with van der Waals surface area (Å²) >= 11 is 3.60. The topological polar surface area (TPSA) is 23.6 Å². The fourth-order valence-corrected chi connectivity index (χ4v) is 5.47. The van der Waals surface area contributed by atoms with Gasteiger partial charge in [0.1, 0.15) is 5.78 Å². The molecule has 1 aromatic carbocycles. The highest BCUT2D eigenvalue weighted by molar-refractivity contribution is 9.10. The summed E-state index contributed by atoms with van der Waals surface area (Å²) in [6, 6.07) is 8.64. The summed E-state index contributed by atoms with van der Waals surface area (Å²) < 4.78 is 1.13. The zero-order chi connectivity index (χ0) is 15.5. The molecule has 4 bridgehead atoms. The van der Waals surface area contributed by atoms with Crippen molar-refractivity contribution < 1.29 is 4.79 Å². The summed E-state index contributed by atoms with van der Waals surface area (Å²) in [4.78, 5) is 18.2. The third-order valence-electron chi connectivity index (χ3n) is 6.18. The highest BCUT2D eigenvalue weighted by Crippen LogP contribution is 2.54. The lowest BCUT2D eigenvalue weighted by molar-refractivity contribution is -0.204. The minimum absolute atomic E-state index is 0.130. The van der Waals surface area contributed by atoms with Crippen molar-refractivity contribution in [3.63, 3.8) is 0 Å². The van der Waals surface area contributed by atoms with Crippen LogP contribution in [0.3, 0.4) is 0 Å². The van der Waals surface area contributed by atoms with Crippen molar-refractivity contribution in [1.29, 1.82) is 0 Å². The average Bonchev–Trinajstić information content (AvgIpc) is 2.51. The van der Waals surface area contributed by atoms with Gasteiger partial charge in [0.15, 0.2) is 0 Å². The van der Waals surface area contributed by atoms with Gasteiger partial charge >= 0.3 is 0 Å². The Morgan fingerprint density at radius 2 is 1.64 bits per heavy atom.